The maximum atomic E-state index is 8.98. The summed E-state index contributed by atoms with van der Waals surface area (Å²) < 4.78 is 5.44. The SMILES string of the molecule is COc1c(CCO)cccc1C(C)(C)C. The first-order chi connectivity index (χ1) is 7.00. The Balaban J connectivity index is 3.22. The average molecular weight is 208 g/mol. The van der Waals surface area contributed by atoms with E-state index in [-0.39, 0.29) is 12.0 Å². The minimum Gasteiger partial charge on any atom is -0.496 e. The molecule has 2 nitrogen and oxygen atoms in total. The fourth-order valence-electron chi connectivity index (χ4n) is 1.73. The van der Waals surface area contributed by atoms with Crippen molar-refractivity contribution in [2.75, 3.05) is 13.7 Å². The fourth-order valence-corrected chi connectivity index (χ4v) is 1.73. The maximum Gasteiger partial charge on any atom is 0.125 e. The highest BCUT2D eigenvalue weighted by atomic mass is 16.5. The summed E-state index contributed by atoms with van der Waals surface area (Å²) in [7, 11) is 1.69. The van der Waals surface area contributed by atoms with Crippen molar-refractivity contribution in [1.82, 2.24) is 0 Å². The Morgan fingerprint density at radius 2 is 1.93 bits per heavy atom. The molecule has 0 radical (unpaired) electrons. The second-order valence-corrected chi connectivity index (χ2v) is 4.72. The normalized spacial score (nSPS) is 11.5. The Bertz CT molecular complexity index is 324. The van der Waals surface area contributed by atoms with E-state index in [1.807, 2.05) is 12.1 Å². The number of methoxy groups -OCH3 is 1. The molecule has 0 aliphatic carbocycles. The summed E-state index contributed by atoms with van der Waals surface area (Å²) in [5.74, 6) is 0.916. The fraction of sp³-hybridized carbons (Fsp3) is 0.538. The largest absolute Gasteiger partial charge is 0.496 e. The summed E-state index contributed by atoms with van der Waals surface area (Å²) in [4.78, 5) is 0. The van der Waals surface area contributed by atoms with Gasteiger partial charge in [-0.25, -0.2) is 0 Å². The van der Waals surface area contributed by atoms with E-state index in [9.17, 15) is 0 Å². The van der Waals surface area contributed by atoms with Crippen molar-refractivity contribution in [2.45, 2.75) is 32.6 Å². The molecule has 0 aromatic heterocycles. The van der Waals surface area contributed by atoms with Crippen LogP contribution in [0.2, 0.25) is 0 Å². The monoisotopic (exact) mass is 208 g/mol. The number of benzene rings is 1. The number of ether oxygens (including phenoxy) is 1. The number of aliphatic hydroxyl groups excluding tert-OH is 1. The smallest absolute Gasteiger partial charge is 0.125 e. The van der Waals surface area contributed by atoms with Gasteiger partial charge >= 0.3 is 0 Å². The van der Waals surface area contributed by atoms with Crippen molar-refractivity contribution in [1.29, 1.82) is 0 Å². The Hall–Kier alpha value is -1.02. The van der Waals surface area contributed by atoms with Gasteiger partial charge in [0.2, 0.25) is 0 Å². The van der Waals surface area contributed by atoms with E-state index in [0.717, 1.165) is 11.3 Å². The van der Waals surface area contributed by atoms with Crippen molar-refractivity contribution in [2.24, 2.45) is 0 Å². The molecule has 0 heterocycles. The van der Waals surface area contributed by atoms with E-state index in [1.165, 1.54) is 5.56 Å². The van der Waals surface area contributed by atoms with Gasteiger partial charge in [-0.1, -0.05) is 39.0 Å². The molecule has 1 aromatic rings. The number of hydrogen-bond donors (Lipinski definition) is 1. The van der Waals surface area contributed by atoms with Crippen LogP contribution >= 0.6 is 0 Å². The van der Waals surface area contributed by atoms with Gasteiger partial charge in [0.1, 0.15) is 5.75 Å². The van der Waals surface area contributed by atoms with Crippen molar-refractivity contribution in [3.8, 4) is 5.75 Å². The van der Waals surface area contributed by atoms with E-state index < -0.39 is 0 Å². The van der Waals surface area contributed by atoms with Gasteiger partial charge < -0.3 is 9.84 Å². The molecule has 0 atom stereocenters. The van der Waals surface area contributed by atoms with E-state index in [0.29, 0.717) is 6.42 Å². The predicted octanol–water partition coefficient (Wildman–Crippen LogP) is 2.53. The third kappa shape index (κ3) is 2.72. The standard InChI is InChI=1S/C13H20O2/c1-13(2,3)11-7-5-6-10(8-9-14)12(11)15-4/h5-7,14H,8-9H2,1-4H3. The molecule has 0 bridgehead atoms. The average Bonchev–Trinajstić information content (AvgIpc) is 2.16. The molecular weight excluding hydrogens is 188 g/mol. The lowest BCUT2D eigenvalue weighted by Gasteiger charge is -2.23. The van der Waals surface area contributed by atoms with Crippen LogP contribution in [-0.4, -0.2) is 18.8 Å². The van der Waals surface area contributed by atoms with Gasteiger partial charge in [-0.15, -0.1) is 0 Å². The van der Waals surface area contributed by atoms with Gasteiger partial charge in [-0.3, -0.25) is 0 Å². The predicted molar refractivity (Wildman–Crippen MR) is 62.5 cm³/mol. The Morgan fingerprint density at radius 3 is 2.40 bits per heavy atom. The minimum absolute atomic E-state index is 0.0663. The van der Waals surface area contributed by atoms with E-state index in [4.69, 9.17) is 9.84 Å². The lowest BCUT2D eigenvalue weighted by Crippen LogP contribution is -2.14. The third-order valence-corrected chi connectivity index (χ3v) is 2.49. The van der Waals surface area contributed by atoms with Crippen molar-refractivity contribution in [3.05, 3.63) is 29.3 Å². The van der Waals surface area contributed by atoms with Crippen LogP contribution in [0, 0.1) is 0 Å². The summed E-state index contributed by atoms with van der Waals surface area (Å²) in [6.07, 6.45) is 0.646. The van der Waals surface area contributed by atoms with E-state index >= 15 is 0 Å². The summed E-state index contributed by atoms with van der Waals surface area (Å²) >= 11 is 0. The van der Waals surface area contributed by atoms with Gasteiger partial charge in [-0.2, -0.15) is 0 Å². The lowest BCUT2D eigenvalue weighted by molar-refractivity contribution is 0.296. The van der Waals surface area contributed by atoms with Crippen LogP contribution in [0.15, 0.2) is 18.2 Å². The van der Waals surface area contributed by atoms with Gasteiger partial charge in [0.25, 0.3) is 0 Å². The molecule has 1 rings (SSSR count). The quantitative estimate of drug-likeness (QED) is 0.827. The Morgan fingerprint density at radius 1 is 1.27 bits per heavy atom. The van der Waals surface area contributed by atoms with Crippen LogP contribution in [0.4, 0.5) is 0 Å². The zero-order chi connectivity index (χ0) is 11.5. The Labute approximate surface area is 91.9 Å². The molecule has 0 saturated heterocycles. The first-order valence-electron chi connectivity index (χ1n) is 5.28. The first-order valence-corrected chi connectivity index (χ1v) is 5.28. The highest BCUT2D eigenvalue weighted by Crippen LogP contribution is 2.33. The molecule has 0 amide bonds. The molecule has 0 saturated carbocycles. The molecule has 0 aliphatic heterocycles. The summed E-state index contributed by atoms with van der Waals surface area (Å²) in [5.41, 5.74) is 2.33. The third-order valence-electron chi connectivity index (χ3n) is 2.49. The first kappa shape index (κ1) is 12.1. The molecule has 0 fully saturated rings. The highest BCUT2D eigenvalue weighted by molar-refractivity contribution is 5.45. The van der Waals surface area contributed by atoms with Gasteiger partial charge in [0.05, 0.1) is 7.11 Å². The van der Waals surface area contributed by atoms with Gasteiger partial charge in [0, 0.05) is 6.61 Å². The molecule has 0 unspecified atom stereocenters. The second kappa shape index (κ2) is 4.67. The van der Waals surface area contributed by atoms with Crippen LogP contribution in [0.5, 0.6) is 5.75 Å². The molecular formula is C13H20O2. The minimum atomic E-state index is 0.0663. The number of rotatable bonds is 3. The number of hydrogen-bond acceptors (Lipinski definition) is 2. The van der Waals surface area contributed by atoms with Crippen molar-refractivity contribution < 1.29 is 9.84 Å². The molecule has 2 heteroatoms. The van der Waals surface area contributed by atoms with Gasteiger partial charge in [0.15, 0.2) is 0 Å². The maximum absolute atomic E-state index is 8.98. The molecule has 1 N–H and O–H groups in total. The zero-order valence-electron chi connectivity index (χ0n) is 10.0. The summed E-state index contributed by atoms with van der Waals surface area (Å²) in [5, 5.41) is 8.98. The zero-order valence-corrected chi connectivity index (χ0v) is 10.0. The van der Waals surface area contributed by atoms with Gasteiger partial charge in [-0.05, 0) is 23.0 Å². The topological polar surface area (TPSA) is 29.5 Å². The summed E-state index contributed by atoms with van der Waals surface area (Å²) in [6, 6.07) is 6.11. The lowest BCUT2D eigenvalue weighted by atomic mass is 9.85. The molecule has 84 valence electrons. The molecule has 1 aromatic carbocycles. The van der Waals surface area contributed by atoms with E-state index in [2.05, 4.69) is 26.8 Å². The molecule has 0 aliphatic rings. The number of aliphatic hydroxyl groups is 1. The second-order valence-electron chi connectivity index (χ2n) is 4.72. The van der Waals surface area contributed by atoms with E-state index in [1.54, 1.807) is 7.11 Å². The highest BCUT2D eigenvalue weighted by Gasteiger charge is 2.20. The number of para-hydroxylation sites is 1. The van der Waals surface area contributed by atoms with Crippen LogP contribution in [0.25, 0.3) is 0 Å². The van der Waals surface area contributed by atoms with Crippen LogP contribution < -0.4 is 4.74 Å². The molecule has 0 spiro atoms. The Kier molecular flexibility index (Phi) is 3.75. The van der Waals surface area contributed by atoms with Crippen molar-refractivity contribution in [3.63, 3.8) is 0 Å². The van der Waals surface area contributed by atoms with Crippen molar-refractivity contribution >= 4 is 0 Å². The molecule has 15 heavy (non-hydrogen) atoms. The van der Waals surface area contributed by atoms with Crippen LogP contribution in [0.3, 0.4) is 0 Å². The van der Waals surface area contributed by atoms with Crippen LogP contribution in [-0.2, 0) is 11.8 Å². The summed E-state index contributed by atoms with van der Waals surface area (Å²) in [6.45, 7) is 6.64. The van der Waals surface area contributed by atoms with Crippen LogP contribution in [0.1, 0.15) is 31.9 Å².